The van der Waals surface area contributed by atoms with E-state index in [2.05, 4.69) is 4.52 Å². The van der Waals surface area contributed by atoms with Crippen molar-refractivity contribution in [3.63, 3.8) is 0 Å². The largest absolute Gasteiger partial charge is 0.469 e. The first-order valence-electron chi connectivity index (χ1n) is 6.21. The van der Waals surface area contributed by atoms with Crippen molar-refractivity contribution in [3.05, 3.63) is 30.1 Å². The number of rotatable bonds is 5. The van der Waals surface area contributed by atoms with Crippen LogP contribution in [0.5, 0.6) is 0 Å². The van der Waals surface area contributed by atoms with Crippen LogP contribution >= 0.6 is 7.82 Å². The summed E-state index contributed by atoms with van der Waals surface area (Å²) in [5.41, 5.74) is 5.32. The van der Waals surface area contributed by atoms with Gasteiger partial charge in [-0.05, 0) is 6.07 Å². The van der Waals surface area contributed by atoms with E-state index in [4.69, 9.17) is 20.3 Å². The fourth-order valence-corrected chi connectivity index (χ4v) is 2.42. The van der Waals surface area contributed by atoms with Crippen molar-refractivity contribution in [1.29, 1.82) is 0 Å². The average molecular weight is 335 g/mol. The topological polar surface area (TPSA) is 163 Å². The first-order valence-corrected chi connectivity index (χ1v) is 7.74. The number of ether oxygens (including phenoxy) is 1. The molecule has 1 amide bonds. The summed E-state index contributed by atoms with van der Waals surface area (Å²) in [6, 6.07) is 2.97. The van der Waals surface area contributed by atoms with Gasteiger partial charge in [-0.1, -0.05) is 0 Å². The SMILES string of the molecule is NC(=O)c1ccc[n+](C2OC(COP(=O)(O)O)C(O)C2O)c1. The number of hydrogen-bond acceptors (Lipinski definition) is 6. The van der Waals surface area contributed by atoms with Crippen molar-refractivity contribution >= 4 is 13.7 Å². The number of carbonyl (C=O) groups excluding carboxylic acids is 1. The molecule has 2 rings (SSSR count). The molecule has 22 heavy (non-hydrogen) atoms. The first kappa shape index (κ1) is 17.0. The van der Waals surface area contributed by atoms with Crippen molar-refractivity contribution in [2.24, 2.45) is 5.73 Å². The van der Waals surface area contributed by atoms with Crippen molar-refractivity contribution < 1.29 is 43.2 Å². The molecular weight excluding hydrogens is 319 g/mol. The Morgan fingerprint density at radius 2 is 2.09 bits per heavy atom. The van der Waals surface area contributed by atoms with Crippen molar-refractivity contribution in [2.75, 3.05) is 6.61 Å². The van der Waals surface area contributed by atoms with Gasteiger partial charge in [-0.25, -0.2) is 4.57 Å². The van der Waals surface area contributed by atoms with Gasteiger partial charge < -0.3 is 30.5 Å². The molecule has 11 heteroatoms. The van der Waals surface area contributed by atoms with Gasteiger partial charge >= 0.3 is 7.82 Å². The molecule has 122 valence electrons. The number of aliphatic hydroxyl groups is 2. The van der Waals surface area contributed by atoms with Gasteiger partial charge in [0, 0.05) is 6.07 Å². The minimum absolute atomic E-state index is 0.169. The van der Waals surface area contributed by atoms with Crippen LogP contribution in [0.2, 0.25) is 0 Å². The molecule has 0 aliphatic carbocycles. The smallest absolute Gasteiger partial charge is 0.387 e. The molecule has 4 unspecified atom stereocenters. The van der Waals surface area contributed by atoms with Gasteiger partial charge in [0.1, 0.15) is 17.8 Å². The van der Waals surface area contributed by atoms with E-state index in [1.165, 1.54) is 29.1 Å². The Hall–Kier alpha value is -1.39. The van der Waals surface area contributed by atoms with Gasteiger partial charge in [0.25, 0.3) is 12.1 Å². The molecule has 1 aromatic heterocycles. The molecule has 0 aromatic carbocycles. The molecule has 10 nitrogen and oxygen atoms in total. The Morgan fingerprint density at radius 1 is 1.41 bits per heavy atom. The van der Waals surface area contributed by atoms with Crippen LogP contribution in [-0.4, -0.2) is 50.8 Å². The Morgan fingerprint density at radius 3 is 2.68 bits per heavy atom. The monoisotopic (exact) mass is 335 g/mol. The zero-order chi connectivity index (χ0) is 16.5. The third-order valence-electron chi connectivity index (χ3n) is 3.14. The fourth-order valence-electron chi connectivity index (χ4n) is 2.08. The summed E-state index contributed by atoms with van der Waals surface area (Å²) < 4.78 is 21.6. The number of pyridine rings is 1. The second-order valence-corrected chi connectivity index (χ2v) is 5.98. The Labute approximate surface area is 124 Å². The molecule has 0 saturated carbocycles. The third-order valence-corrected chi connectivity index (χ3v) is 3.63. The van der Waals surface area contributed by atoms with Gasteiger partial charge in [0.05, 0.1) is 6.61 Å². The lowest BCUT2D eigenvalue weighted by Gasteiger charge is -2.13. The highest BCUT2D eigenvalue weighted by atomic mass is 31.2. The lowest BCUT2D eigenvalue weighted by molar-refractivity contribution is -0.765. The molecule has 1 fully saturated rings. The standard InChI is InChI=1S/C11H15N2O8P/c12-10(16)6-2-1-3-13(4-6)11-9(15)8(14)7(21-11)5-20-22(17,18)19/h1-4,7-9,11,14-15H,5H2,(H3-,12,16,17,18,19)/p+1. The number of nitrogens with zero attached hydrogens (tertiary/aromatic N) is 1. The summed E-state index contributed by atoms with van der Waals surface area (Å²) in [7, 11) is -4.72. The van der Waals surface area contributed by atoms with E-state index in [9.17, 15) is 19.6 Å². The molecule has 1 aliphatic rings. The van der Waals surface area contributed by atoms with Gasteiger partial charge in [0.2, 0.25) is 0 Å². The summed E-state index contributed by atoms with van der Waals surface area (Å²) in [6.07, 6.45) is -2.18. The summed E-state index contributed by atoms with van der Waals surface area (Å²) in [6.45, 7) is -0.602. The van der Waals surface area contributed by atoms with Crippen LogP contribution in [0.1, 0.15) is 16.6 Å². The maximum Gasteiger partial charge on any atom is 0.469 e. The summed E-state index contributed by atoms with van der Waals surface area (Å²) >= 11 is 0. The number of phosphoric ester groups is 1. The molecule has 0 radical (unpaired) electrons. The van der Waals surface area contributed by atoms with Crippen LogP contribution in [-0.2, 0) is 13.8 Å². The molecule has 0 spiro atoms. The fraction of sp³-hybridized carbons (Fsp3) is 0.455. The lowest BCUT2D eigenvalue weighted by atomic mass is 10.1. The second-order valence-electron chi connectivity index (χ2n) is 4.74. The second kappa shape index (κ2) is 6.39. The van der Waals surface area contributed by atoms with Crippen LogP contribution in [0.4, 0.5) is 0 Å². The first-order chi connectivity index (χ1) is 10.2. The van der Waals surface area contributed by atoms with E-state index < -0.39 is 44.9 Å². The van der Waals surface area contributed by atoms with Crippen LogP contribution in [0.15, 0.2) is 24.5 Å². The van der Waals surface area contributed by atoms with Crippen LogP contribution in [0.25, 0.3) is 0 Å². The summed E-state index contributed by atoms with van der Waals surface area (Å²) in [5, 5.41) is 19.8. The number of primary amides is 1. The van der Waals surface area contributed by atoms with E-state index in [0.717, 1.165) is 0 Å². The van der Waals surface area contributed by atoms with Gasteiger partial charge in [-0.15, -0.1) is 0 Å². The third kappa shape index (κ3) is 3.87. The van der Waals surface area contributed by atoms with E-state index in [1.807, 2.05) is 0 Å². The molecule has 1 aromatic rings. The number of amides is 1. The van der Waals surface area contributed by atoms with Crippen LogP contribution < -0.4 is 10.3 Å². The number of nitrogens with two attached hydrogens (primary N) is 1. The predicted octanol–water partition coefficient (Wildman–Crippen LogP) is -2.20. The highest BCUT2D eigenvalue weighted by molar-refractivity contribution is 7.46. The average Bonchev–Trinajstić information content (AvgIpc) is 2.72. The molecule has 2 heterocycles. The molecule has 1 saturated heterocycles. The van der Waals surface area contributed by atoms with Gasteiger partial charge in [-0.3, -0.25) is 9.32 Å². The number of aliphatic hydroxyl groups excluding tert-OH is 2. The number of hydrogen-bond donors (Lipinski definition) is 5. The van der Waals surface area contributed by atoms with Crippen LogP contribution in [0.3, 0.4) is 0 Å². The van der Waals surface area contributed by atoms with E-state index in [1.54, 1.807) is 0 Å². The van der Waals surface area contributed by atoms with E-state index >= 15 is 0 Å². The molecular formula is C11H16N2O8P+. The summed E-state index contributed by atoms with van der Waals surface area (Å²) in [4.78, 5) is 28.4. The minimum Gasteiger partial charge on any atom is -0.387 e. The predicted molar refractivity (Wildman–Crippen MR) is 69.1 cm³/mol. The van der Waals surface area contributed by atoms with Gasteiger partial charge in [0.15, 0.2) is 18.5 Å². The quantitative estimate of drug-likeness (QED) is 0.299. The Balaban J connectivity index is 2.14. The lowest BCUT2D eigenvalue weighted by Crippen LogP contribution is -2.46. The van der Waals surface area contributed by atoms with Crippen molar-refractivity contribution in [2.45, 2.75) is 24.5 Å². The Bertz CT molecular complexity index is 606. The highest BCUT2D eigenvalue weighted by Crippen LogP contribution is 2.37. The van der Waals surface area contributed by atoms with Crippen molar-refractivity contribution in [1.82, 2.24) is 0 Å². The number of aromatic nitrogens is 1. The Kier molecular flexibility index (Phi) is 4.93. The van der Waals surface area contributed by atoms with E-state index in [0.29, 0.717) is 0 Å². The van der Waals surface area contributed by atoms with Crippen LogP contribution in [0, 0.1) is 0 Å². The summed E-state index contributed by atoms with van der Waals surface area (Å²) in [5.74, 6) is -0.677. The molecule has 6 N–H and O–H groups in total. The number of carbonyl (C=O) groups is 1. The zero-order valence-electron chi connectivity index (χ0n) is 11.2. The number of phosphoric acid groups is 1. The molecule has 1 aliphatic heterocycles. The molecule has 4 atom stereocenters. The van der Waals surface area contributed by atoms with E-state index in [-0.39, 0.29) is 5.56 Å². The van der Waals surface area contributed by atoms with Gasteiger partial charge in [-0.2, -0.15) is 4.57 Å². The zero-order valence-corrected chi connectivity index (χ0v) is 12.1. The normalized spacial score (nSPS) is 28.7. The molecule has 0 bridgehead atoms. The maximum absolute atomic E-state index is 11.1. The minimum atomic E-state index is -4.72. The maximum atomic E-state index is 11.1. The van der Waals surface area contributed by atoms with Crippen molar-refractivity contribution in [3.8, 4) is 0 Å². The highest BCUT2D eigenvalue weighted by Gasteiger charge is 2.48.